The van der Waals surface area contributed by atoms with E-state index < -0.39 is 10.0 Å². The van der Waals surface area contributed by atoms with Crippen LogP contribution in [0.15, 0.2) is 29.2 Å². The smallest absolute Gasteiger partial charge is 0.241 e. The number of rotatable bonds is 7. The highest BCUT2D eigenvalue weighted by molar-refractivity contribution is 7.89. The van der Waals surface area contributed by atoms with Gasteiger partial charge in [0.15, 0.2) is 0 Å². The minimum Gasteiger partial charge on any atom is -0.494 e. The van der Waals surface area contributed by atoms with Crippen LogP contribution in [0, 0.1) is 5.92 Å². The van der Waals surface area contributed by atoms with Crippen LogP contribution in [0.2, 0.25) is 0 Å². The molecule has 106 valence electrons. The van der Waals surface area contributed by atoms with Crippen LogP contribution in [-0.4, -0.2) is 27.6 Å². The Morgan fingerprint density at radius 3 is 2.79 bits per heavy atom. The van der Waals surface area contributed by atoms with E-state index in [0.717, 1.165) is 12.8 Å². The highest BCUT2D eigenvalue weighted by Crippen LogP contribution is 2.33. The summed E-state index contributed by atoms with van der Waals surface area (Å²) in [6.07, 6.45) is 2.09. The molecule has 5 nitrogen and oxygen atoms in total. The number of hydrogen-bond donors (Lipinski definition) is 2. The van der Waals surface area contributed by atoms with Gasteiger partial charge in [0.2, 0.25) is 10.0 Å². The summed E-state index contributed by atoms with van der Waals surface area (Å²) >= 11 is 0. The lowest BCUT2D eigenvalue weighted by Crippen LogP contribution is -2.41. The van der Waals surface area contributed by atoms with E-state index in [4.69, 9.17) is 10.5 Å². The SMILES string of the molecule is CCOc1cccc(S(=O)(=O)NC(CN)C2CC2)c1. The van der Waals surface area contributed by atoms with Crippen molar-refractivity contribution in [3.8, 4) is 5.75 Å². The molecule has 1 aromatic rings. The zero-order chi connectivity index (χ0) is 13.9. The van der Waals surface area contributed by atoms with Crippen LogP contribution in [0.25, 0.3) is 0 Å². The molecule has 2 rings (SSSR count). The van der Waals surface area contributed by atoms with Crippen LogP contribution in [0.5, 0.6) is 5.75 Å². The Bertz CT molecular complexity index is 526. The number of sulfonamides is 1. The second kappa shape index (κ2) is 5.90. The number of nitrogens with two attached hydrogens (primary N) is 1. The van der Waals surface area contributed by atoms with Crippen molar-refractivity contribution in [2.24, 2.45) is 11.7 Å². The topological polar surface area (TPSA) is 81.4 Å². The number of nitrogens with one attached hydrogen (secondary N) is 1. The Morgan fingerprint density at radius 1 is 1.47 bits per heavy atom. The first-order valence-electron chi connectivity index (χ1n) is 6.52. The Kier molecular flexibility index (Phi) is 4.44. The van der Waals surface area contributed by atoms with Gasteiger partial charge in [0.05, 0.1) is 11.5 Å². The molecule has 0 radical (unpaired) electrons. The van der Waals surface area contributed by atoms with Crippen molar-refractivity contribution in [3.63, 3.8) is 0 Å². The third-order valence-corrected chi connectivity index (χ3v) is 4.67. The van der Waals surface area contributed by atoms with E-state index in [-0.39, 0.29) is 10.9 Å². The molecular formula is C13H20N2O3S. The predicted molar refractivity (Wildman–Crippen MR) is 73.5 cm³/mol. The fourth-order valence-corrected chi connectivity index (χ4v) is 3.35. The summed E-state index contributed by atoms with van der Waals surface area (Å²) in [5.74, 6) is 0.941. The standard InChI is InChI=1S/C13H20N2O3S/c1-2-18-11-4-3-5-12(8-11)19(16,17)15-13(9-14)10-6-7-10/h3-5,8,10,13,15H,2,6-7,9,14H2,1H3. The largest absolute Gasteiger partial charge is 0.494 e. The fourth-order valence-electron chi connectivity index (χ4n) is 2.00. The van der Waals surface area contributed by atoms with Gasteiger partial charge in [0, 0.05) is 18.7 Å². The van der Waals surface area contributed by atoms with Crippen LogP contribution in [0.3, 0.4) is 0 Å². The summed E-state index contributed by atoms with van der Waals surface area (Å²) < 4.78 is 32.5. The molecular weight excluding hydrogens is 264 g/mol. The van der Waals surface area contributed by atoms with Crippen molar-refractivity contribution in [3.05, 3.63) is 24.3 Å². The molecule has 1 aliphatic rings. The summed E-state index contributed by atoms with van der Waals surface area (Å²) in [5, 5.41) is 0. The molecule has 0 heterocycles. The molecule has 1 fully saturated rings. The van der Waals surface area contributed by atoms with Crippen molar-refractivity contribution >= 4 is 10.0 Å². The van der Waals surface area contributed by atoms with E-state index in [1.54, 1.807) is 18.2 Å². The molecule has 0 aromatic heterocycles. The summed E-state index contributed by atoms with van der Waals surface area (Å²) in [7, 11) is -3.53. The molecule has 1 unspecified atom stereocenters. The van der Waals surface area contributed by atoms with Crippen LogP contribution in [0.4, 0.5) is 0 Å². The number of hydrogen-bond acceptors (Lipinski definition) is 4. The van der Waals surface area contributed by atoms with Crippen LogP contribution in [-0.2, 0) is 10.0 Å². The highest BCUT2D eigenvalue weighted by atomic mass is 32.2. The molecule has 1 aromatic carbocycles. The van der Waals surface area contributed by atoms with Gasteiger partial charge in [-0.05, 0) is 37.8 Å². The van der Waals surface area contributed by atoms with Crippen LogP contribution in [0.1, 0.15) is 19.8 Å². The van der Waals surface area contributed by atoms with Gasteiger partial charge >= 0.3 is 0 Å². The lowest BCUT2D eigenvalue weighted by atomic mass is 10.2. The van der Waals surface area contributed by atoms with Gasteiger partial charge in [-0.15, -0.1) is 0 Å². The maximum absolute atomic E-state index is 12.3. The number of benzene rings is 1. The van der Waals surface area contributed by atoms with Gasteiger partial charge in [-0.1, -0.05) is 6.07 Å². The van der Waals surface area contributed by atoms with Gasteiger partial charge in [0.25, 0.3) is 0 Å². The lowest BCUT2D eigenvalue weighted by Gasteiger charge is -2.16. The second-order valence-corrected chi connectivity index (χ2v) is 6.42. The van der Waals surface area contributed by atoms with Gasteiger partial charge in [0.1, 0.15) is 5.75 Å². The van der Waals surface area contributed by atoms with Crippen molar-refractivity contribution in [2.75, 3.05) is 13.2 Å². The first-order chi connectivity index (χ1) is 9.06. The molecule has 0 amide bonds. The molecule has 0 spiro atoms. The minimum atomic E-state index is -3.53. The van der Waals surface area contributed by atoms with E-state index in [0.29, 0.717) is 24.8 Å². The van der Waals surface area contributed by atoms with Crippen molar-refractivity contribution < 1.29 is 13.2 Å². The zero-order valence-electron chi connectivity index (χ0n) is 11.0. The molecule has 6 heteroatoms. The Morgan fingerprint density at radius 2 is 2.21 bits per heavy atom. The van der Waals surface area contributed by atoms with E-state index in [1.807, 2.05) is 6.92 Å². The third-order valence-electron chi connectivity index (χ3n) is 3.18. The summed E-state index contributed by atoms with van der Waals surface area (Å²) in [6, 6.07) is 6.34. The van der Waals surface area contributed by atoms with E-state index in [1.165, 1.54) is 6.07 Å². The maximum atomic E-state index is 12.3. The Balaban J connectivity index is 2.15. The molecule has 0 saturated heterocycles. The minimum absolute atomic E-state index is 0.166. The van der Waals surface area contributed by atoms with Gasteiger partial charge in [-0.3, -0.25) is 0 Å². The quantitative estimate of drug-likeness (QED) is 0.785. The Labute approximate surface area is 114 Å². The fraction of sp³-hybridized carbons (Fsp3) is 0.538. The predicted octanol–water partition coefficient (Wildman–Crippen LogP) is 1.10. The van der Waals surface area contributed by atoms with Crippen molar-refractivity contribution in [2.45, 2.75) is 30.7 Å². The highest BCUT2D eigenvalue weighted by Gasteiger charge is 2.33. The van der Waals surface area contributed by atoms with E-state index >= 15 is 0 Å². The van der Waals surface area contributed by atoms with E-state index in [9.17, 15) is 8.42 Å². The summed E-state index contributed by atoms with van der Waals surface area (Å²) in [6.45, 7) is 2.69. The monoisotopic (exact) mass is 284 g/mol. The van der Waals surface area contributed by atoms with E-state index in [2.05, 4.69) is 4.72 Å². The molecule has 3 N–H and O–H groups in total. The molecule has 0 bridgehead atoms. The average Bonchev–Trinajstić information content (AvgIpc) is 3.21. The molecule has 1 aliphatic carbocycles. The third kappa shape index (κ3) is 3.68. The average molecular weight is 284 g/mol. The van der Waals surface area contributed by atoms with Crippen molar-refractivity contribution in [1.82, 2.24) is 4.72 Å². The molecule has 0 aliphatic heterocycles. The molecule has 1 atom stereocenters. The summed E-state index contributed by atoms with van der Waals surface area (Å²) in [5.41, 5.74) is 5.62. The van der Waals surface area contributed by atoms with Gasteiger partial charge in [-0.2, -0.15) is 0 Å². The second-order valence-electron chi connectivity index (χ2n) is 4.71. The number of ether oxygens (including phenoxy) is 1. The lowest BCUT2D eigenvalue weighted by molar-refractivity contribution is 0.339. The normalized spacial score (nSPS) is 17.2. The summed E-state index contributed by atoms with van der Waals surface area (Å²) in [4.78, 5) is 0.220. The zero-order valence-corrected chi connectivity index (χ0v) is 11.8. The first kappa shape index (κ1) is 14.3. The maximum Gasteiger partial charge on any atom is 0.241 e. The van der Waals surface area contributed by atoms with Gasteiger partial charge in [-0.25, -0.2) is 13.1 Å². The van der Waals surface area contributed by atoms with Gasteiger partial charge < -0.3 is 10.5 Å². The Hall–Kier alpha value is -1.11. The van der Waals surface area contributed by atoms with Crippen molar-refractivity contribution in [1.29, 1.82) is 0 Å². The van der Waals surface area contributed by atoms with Crippen LogP contribution >= 0.6 is 0 Å². The molecule has 19 heavy (non-hydrogen) atoms. The molecule has 1 saturated carbocycles. The van der Waals surface area contributed by atoms with Crippen LogP contribution < -0.4 is 15.2 Å². The first-order valence-corrected chi connectivity index (χ1v) is 8.00.